The zero-order valence-corrected chi connectivity index (χ0v) is 10.3. The molecule has 0 unspecified atom stereocenters. The van der Waals surface area contributed by atoms with Crippen molar-refractivity contribution in [1.82, 2.24) is 9.97 Å². The molecular formula is C13H13ClN2. The van der Waals surface area contributed by atoms with E-state index >= 15 is 0 Å². The number of hydrogen-bond acceptors (Lipinski definition) is 2. The van der Waals surface area contributed by atoms with Crippen LogP contribution in [0.2, 0.25) is 5.15 Å². The van der Waals surface area contributed by atoms with E-state index in [-0.39, 0.29) is 0 Å². The van der Waals surface area contributed by atoms with Gasteiger partial charge in [-0.2, -0.15) is 0 Å². The Morgan fingerprint density at radius 1 is 1.00 bits per heavy atom. The van der Waals surface area contributed by atoms with Crippen molar-refractivity contribution < 1.29 is 0 Å². The van der Waals surface area contributed by atoms with Crippen LogP contribution in [0.4, 0.5) is 0 Å². The van der Waals surface area contributed by atoms with Crippen molar-refractivity contribution in [2.24, 2.45) is 0 Å². The van der Waals surface area contributed by atoms with Crippen LogP contribution in [0.1, 0.15) is 16.8 Å². The van der Waals surface area contributed by atoms with Gasteiger partial charge in [0.15, 0.2) is 5.82 Å². The number of rotatable bonds is 1. The van der Waals surface area contributed by atoms with Crippen LogP contribution >= 0.6 is 11.6 Å². The molecule has 0 fully saturated rings. The van der Waals surface area contributed by atoms with Gasteiger partial charge in [-0.1, -0.05) is 35.9 Å². The molecule has 0 aliphatic rings. The third kappa shape index (κ3) is 1.93. The number of benzene rings is 1. The Balaban J connectivity index is 2.62. The highest BCUT2D eigenvalue weighted by Crippen LogP contribution is 2.23. The highest BCUT2D eigenvalue weighted by molar-refractivity contribution is 6.30. The Labute approximate surface area is 100 Å². The van der Waals surface area contributed by atoms with Crippen LogP contribution in [0.15, 0.2) is 24.3 Å². The predicted molar refractivity (Wildman–Crippen MR) is 66.7 cm³/mol. The molecule has 0 atom stereocenters. The molecule has 0 radical (unpaired) electrons. The minimum atomic E-state index is 0.533. The Kier molecular flexibility index (Phi) is 2.92. The number of aromatic nitrogens is 2. The highest BCUT2D eigenvalue weighted by Gasteiger charge is 2.09. The van der Waals surface area contributed by atoms with Crippen LogP contribution in [0.5, 0.6) is 0 Å². The second-order valence-corrected chi connectivity index (χ2v) is 4.22. The molecule has 0 aliphatic heterocycles. The lowest BCUT2D eigenvalue weighted by molar-refractivity contribution is 1.07. The highest BCUT2D eigenvalue weighted by atomic mass is 35.5. The summed E-state index contributed by atoms with van der Waals surface area (Å²) in [5.41, 5.74) is 4.06. The molecule has 16 heavy (non-hydrogen) atoms. The smallest absolute Gasteiger partial charge is 0.161 e. The van der Waals surface area contributed by atoms with Gasteiger partial charge in [0.25, 0.3) is 0 Å². The fraction of sp³-hybridized carbons (Fsp3) is 0.231. The molecule has 2 aromatic rings. The first kappa shape index (κ1) is 11.1. The van der Waals surface area contributed by atoms with Gasteiger partial charge < -0.3 is 0 Å². The van der Waals surface area contributed by atoms with Crippen LogP contribution in [0.3, 0.4) is 0 Å². The third-order valence-corrected chi connectivity index (χ3v) is 3.08. The minimum absolute atomic E-state index is 0.533. The molecule has 0 N–H and O–H groups in total. The minimum Gasteiger partial charge on any atom is -0.233 e. The van der Waals surface area contributed by atoms with Gasteiger partial charge in [-0.15, -0.1) is 0 Å². The maximum absolute atomic E-state index is 6.07. The molecule has 1 heterocycles. The van der Waals surface area contributed by atoms with Crippen molar-refractivity contribution in [3.8, 4) is 11.4 Å². The van der Waals surface area contributed by atoms with Crippen molar-refractivity contribution in [1.29, 1.82) is 0 Å². The number of halogens is 1. The van der Waals surface area contributed by atoms with Gasteiger partial charge in [0, 0.05) is 16.8 Å². The normalized spacial score (nSPS) is 10.5. The SMILES string of the molecule is Cc1ccccc1-c1nc(C)c(C)c(Cl)n1. The van der Waals surface area contributed by atoms with Crippen LogP contribution in [0, 0.1) is 20.8 Å². The Morgan fingerprint density at radius 3 is 2.31 bits per heavy atom. The van der Waals surface area contributed by atoms with E-state index in [2.05, 4.69) is 9.97 Å². The van der Waals surface area contributed by atoms with Gasteiger partial charge in [-0.25, -0.2) is 9.97 Å². The molecule has 0 saturated heterocycles. The van der Waals surface area contributed by atoms with E-state index in [0.29, 0.717) is 11.0 Å². The molecule has 2 nitrogen and oxygen atoms in total. The van der Waals surface area contributed by atoms with Gasteiger partial charge in [-0.3, -0.25) is 0 Å². The van der Waals surface area contributed by atoms with Crippen molar-refractivity contribution >= 4 is 11.6 Å². The van der Waals surface area contributed by atoms with Crippen LogP contribution in [-0.2, 0) is 0 Å². The average molecular weight is 233 g/mol. The summed E-state index contributed by atoms with van der Waals surface area (Å²) < 4.78 is 0. The standard InChI is InChI=1S/C13H13ClN2/c1-8-6-4-5-7-11(8)13-15-10(3)9(2)12(14)16-13/h4-7H,1-3H3. The quantitative estimate of drug-likeness (QED) is 0.701. The zero-order chi connectivity index (χ0) is 11.7. The molecule has 3 heteroatoms. The summed E-state index contributed by atoms with van der Waals surface area (Å²) in [6, 6.07) is 8.04. The molecule has 0 spiro atoms. The fourth-order valence-electron chi connectivity index (χ4n) is 1.54. The first-order valence-corrected chi connectivity index (χ1v) is 5.54. The third-order valence-electron chi connectivity index (χ3n) is 2.72. The van der Waals surface area contributed by atoms with Gasteiger partial charge in [0.1, 0.15) is 5.15 Å². The Bertz CT molecular complexity index is 512. The molecular weight excluding hydrogens is 220 g/mol. The predicted octanol–water partition coefficient (Wildman–Crippen LogP) is 3.72. The van der Waals surface area contributed by atoms with Gasteiger partial charge in [0.05, 0.1) is 0 Å². The summed E-state index contributed by atoms with van der Waals surface area (Å²) in [6.07, 6.45) is 0. The van der Waals surface area contributed by atoms with Crippen LogP contribution in [-0.4, -0.2) is 9.97 Å². The van der Waals surface area contributed by atoms with Crippen molar-refractivity contribution in [2.45, 2.75) is 20.8 Å². The molecule has 0 amide bonds. The molecule has 1 aromatic heterocycles. The lowest BCUT2D eigenvalue weighted by Crippen LogP contribution is -1.97. The first-order chi connectivity index (χ1) is 7.59. The van der Waals surface area contributed by atoms with Crippen LogP contribution in [0.25, 0.3) is 11.4 Å². The van der Waals surface area contributed by atoms with Crippen molar-refractivity contribution in [2.75, 3.05) is 0 Å². The molecule has 82 valence electrons. The lowest BCUT2D eigenvalue weighted by Gasteiger charge is -2.07. The van der Waals surface area contributed by atoms with E-state index in [1.807, 2.05) is 45.0 Å². The second kappa shape index (κ2) is 4.22. The maximum Gasteiger partial charge on any atom is 0.161 e. The molecule has 2 rings (SSSR count). The summed E-state index contributed by atoms with van der Waals surface area (Å²) in [7, 11) is 0. The maximum atomic E-state index is 6.07. The van der Waals surface area contributed by atoms with E-state index in [1.165, 1.54) is 0 Å². The van der Waals surface area contributed by atoms with E-state index in [0.717, 1.165) is 22.4 Å². The monoisotopic (exact) mass is 232 g/mol. The summed E-state index contributed by atoms with van der Waals surface area (Å²) >= 11 is 6.07. The summed E-state index contributed by atoms with van der Waals surface area (Å²) in [5.74, 6) is 0.700. The van der Waals surface area contributed by atoms with Gasteiger partial charge in [0.2, 0.25) is 0 Å². The molecule has 0 aliphatic carbocycles. The Morgan fingerprint density at radius 2 is 1.69 bits per heavy atom. The van der Waals surface area contributed by atoms with Crippen molar-refractivity contribution in [3.05, 3.63) is 46.2 Å². The largest absolute Gasteiger partial charge is 0.233 e. The van der Waals surface area contributed by atoms with E-state index in [9.17, 15) is 0 Å². The lowest BCUT2D eigenvalue weighted by atomic mass is 10.1. The van der Waals surface area contributed by atoms with E-state index in [4.69, 9.17) is 11.6 Å². The van der Waals surface area contributed by atoms with Crippen LogP contribution < -0.4 is 0 Å². The number of nitrogens with zero attached hydrogens (tertiary/aromatic N) is 2. The van der Waals surface area contributed by atoms with E-state index in [1.54, 1.807) is 0 Å². The summed E-state index contributed by atoms with van der Waals surface area (Å²) in [6.45, 7) is 5.92. The van der Waals surface area contributed by atoms with E-state index < -0.39 is 0 Å². The topological polar surface area (TPSA) is 25.8 Å². The zero-order valence-electron chi connectivity index (χ0n) is 9.58. The fourth-order valence-corrected chi connectivity index (χ4v) is 1.75. The summed E-state index contributed by atoms with van der Waals surface area (Å²) in [5, 5.41) is 0.533. The summed E-state index contributed by atoms with van der Waals surface area (Å²) in [4.78, 5) is 8.79. The van der Waals surface area contributed by atoms with Crippen molar-refractivity contribution in [3.63, 3.8) is 0 Å². The molecule has 0 saturated carbocycles. The Hall–Kier alpha value is -1.41. The number of hydrogen-bond donors (Lipinski definition) is 0. The average Bonchev–Trinajstić information content (AvgIpc) is 2.26. The first-order valence-electron chi connectivity index (χ1n) is 5.16. The molecule has 1 aromatic carbocycles. The second-order valence-electron chi connectivity index (χ2n) is 3.86. The van der Waals surface area contributed by atoms with Gasteiger partial charge >= 0.3 is 0 Å². The number of aryl methyl sites for hydroxylation is 2. The molecule has 0 bridgehead atoms. The van der Waals surface area contributed by atoms with Gasteiger partial charge in [-0.05, 0) is 26.3 Å².